The van der Waals surface area contributed by atoms with Crippen LogP contribution in [-0.4, -0.2) is 43.4 Å². The number of hydrogen-bond donors (Lipinski definition) is 2. The van der Waals surface area contributed by atoms with Gasteiger partial charge < -0.3 is 10.2 Å². The molecule has 0 radical (unpaired) electrons. The molecule has 0 bridgehead atoms. The van der Waals surface area contributed by atoms with Gasteiger partial charge in [0.1, 0.15) is 0 Å². The largest absolute Gasteiger partial charge is 0.396 e. The molecule has 0 aliphatic heterocycles. The average Bonchev–Trinajstić information content (AvgIpc) is 3.00. The summed E-state index contributed by atoms with van der Waals surface area (Å²) in [4.78, 5) is 0. The van der Waals surface area contributed by atoms with Crippen molar-refractivity contribution in [1.82, 2.24) is 0 Å². The van der Waals surface area contributed by atoms with E-state index in [4.69, 9.17) is 0 Å². The van der Waals surface area contributed by atoms with Gasteiger partial charge in [0, 0.05) is 22.1 Å². The number of hydrogen-bond acceptors (Lipinski definition) is 4. The monoisotopic (exact) mass is 334 g/mol. The third-order valence-corrected chi connectivity index (χ3v) is 5.85. The standard InChI is InChI=1S/C12H15BrO4S/c1-18(16,17)11-10(12(11,6-14)7-15)8-2-4-9(13)5-3-8/h2-5,10-11,14-15H,6-7H2,1H3/t10-,11+/m1/s1. The molecule has 0 heterocycles. The summed E-state index contributed by atoms with van der Waals surface area (Å²) in [6, 6.07) is 7.29. The van der Waals surface area contributed by atoms with E-state index in [9.17, 15) is 18.6 Å². The predicted molar refractivity (Wildman–Crippen MR) is 72.1 cm³/mol. The van der Waals surface area contributed by atoms with Crippen LogP contribution in [0.2, 0.25) is 0 Å². The van der Waals surface area contributed by atoms with Crippen molar-refractivity contribution in [3.05, 3.63) is 34.3 Å². The Morgan fingerprint density at radius 3 is 2.06 bits per heavy atom. The van der Waals surface area contributed by atoms with Gasteiger partial charge in [-0.25, -0.2) is 8.42 Å². The number of aliphatic hydroxyl groups is 2. The summed E-state index contributed by atoms with van der Waals surface area (Å²) in [6.45, 7) is -0.663. The fourth-order valence-electron chi connectivity index (χ4n) is 2.73. The molecule has 0 aromatic heterocycles. The van der Waals surface area contributed by atoms with Crippen LogP contribution < -0.4 is 0 Å². The zero-order chi connectivity index (χ0) is 13.6. The molecular weight excluding hydrogens is 320 g/mol. The first-order valence-corrected chi connectivity index (χ1v) is 8.27. The van der Waals surface area contributed by atoms with Gasteiger partial charge in [0.25, 0.3) is 0 Å². The van der Waals surface area contributed by atoms with E-state index in [2.05, 4.69) is 15.9 Å². The SMILES string of the molecule is CS(=O)(=O)[C@H]1[C@@H](c2ccc(Br)cc2)C1(CO)CO. The number of aliphatic hydroxyl groups excluding tert-OH is 2. The van der Waals surface area contributed by atoms with Crippen molar-refractivity contribution in [2.75, 3.05) is 19.5 Å². The van der Waals surface area contributed by atoms with Crippen LogP contribution in [0.1, 0.15) is 11.5 Å². The molecule has 1 saturated carbocycles. The molecule has 1 aliphatic rings. The molecule has 0 spiro atoms. The molecule has 0 unspecified atom stereocenters. The Morgan fingerprint density at radius 1 is 1.22 bits per heavy atom. The van der Waals surface area contributed by atoms with Gasteiger partial charge >= 0.3 is 0 Å². The van der Waals surface area contributed by atoms with Crippen LogP contribution in [0.4, 0.5) is 0 Å². The van der Waals surface area contributed by atoms with E-state index in [1.54, 1.807) is 0 Å². The number of halogens is 1. The molecule has 1 aromatic rings. The van der Waals surface area contributed by atoms with E-state index in [1.165, 1.54) is 0 Å². The Labute approximate surface area is 115 Å². The third kappa shape index (κ3) is 2.11. The highest BCUT2D eigenvalue weighted by Gasteiger charge is 2.69. The Morgan fingerprint density at radius 2 is 1.72 bits per heavy atom. The van der Waals surface area contributed by atoms with Crippen LogP contribution in [0.3, 0.4) is 0 Å². The van der Waals surface area contributed by atoms with Crippen molar-refractivity contribution in [1.29, 1.82) is 0 Å². The molecule has 100 valence electrons. The van der Waals surface area contributed by atoms with Crippen molar-refractivity contribution in [2.45, 2.75) is 11.2 Å². The van der Waals surface area contributed by atoms with Gasteiger partial charge in [-0.2, -0.15) is 0 Å². The molecule has 4 nitrogen and oxygen atoms in total. The summed E-state index contributed by atoms with van der Waals surface area (Å²) in [5, 5.41) is 18.2. The van der Waals surface area contributed by atoms with E-state index >= 15 is 0 Å². The summed E-state index contributed by atoms with van der Waals surface area (Å²) < 4.78 is 24.4. The Bertz CT molecular complexity index is 534. The van der Waals surface area contributed by atoms with Crippen molar-refractivity contribution in [3.8, 4) is 0 Å². The Kier molecular flexibility index (Phi) is 3.57. The molecular formula is C12H15BrO4S. The van der Waals surface area contributed by atoms with Crippen LogP contribution >= 0.6 is 15.9 Å². The number of benzene rings is 1. The molecule has 2 N–H and O–H groups in total. The van der Waals surface area contributed by atoms with Gasteiger partial charge in [0.05, 0.1) is 18.5 Å². The van der Waals surface area contributed by atoms with Crippen LogP contribution in [0.5, 0.6) is 0 Å². The lowest BCUT2D eigenvalue weighted by Gasteiger charge is -2.10. The smallest absolute Gasteiger partial charge is 0.151 e. The fraction of sp³-hybridized carbons (Fsp3) is 0.500. The van der Waals surface area contributed by atoms with Crippen molar-refractivity contribution in [3.63, 3.8) is 0 Å². The predicted octanol–water partition coefficient (Wildman–Crippen LogP) is 0.930. The van der Waals surface area contributed by atoms with Crippen LogP contribution in [0.15, 0.2) is 28.7 Å². The molecule has 2 atom stereocenters. The van der Waals surface area contributed by atoms with E-state index in [0.29, 0.717) is 0 Å². The fourth-order valence-corrected chi connectivity index (χ4v) is 4.99. The van der Waals surface area contributed by atoms with E-state index in [-0.39, 0.29) is 19.1 Å². The Hall–Kier alpha value is -0.430. The number of rotatable bonds is 4. The van der Waals surface area contributed by atoms with Crippen LogP contribution in [0.25, 0.3) is 0 Å². The van der Waals surface area contributed by atoms with E-state index in [0.717, 1.165) is 16.3 Å². The summed E-state index contributed by atoms with van der Waals surface area (Å²) in [5.41, 5.74) is -0.113. The molecule has 1 aliphatic carbocycles. The second-order valence-corrected chi connectivity index (χ2v) is 7.91. The normalized spacial score (nSPS) is 26.0. The first kappa shape index (κ1) is 14.0. The maximum atomic E-state index is 11.7. The summed E-state index contributed by atoms with van der Waals surface area (Å²) in [6.07, 6.45) is 1.15. The lowest BCUT2D eigenvalue weighted by molar-refractivity contribution is 0.130. The second-order valence-electron chi connectivity index (χ2n) is 4.83. The molecule has 1 fully saturated rings. The molecule has 0 amide bonds. The average molecular weight is 335 g/mol. The zero-order valence-electron chi connectivity index (χ0n) is 9.88. The molecule has 18 heavy (non-hydrogen) atoms. The lowest BCUT2D eigenvalue weighted by atomic mass is 10.0. The van der Waals surface area contributed by atoms with E-state index < -0.39 is 20.5 Å². The maximum absolute atomic E-state index is 11.7. The number of sulfone groups is 1. The van der Waals surface area contributed by atoms with Crippen LogP contribution in [0, 0.1) is 5.41 Å². The first-order chi connectivity index (χ1) is 8.36. The minimum absolute atomic E-state index is 0.331. The maximum Gasteiger partial charge on any atom is 0.151 e. The summed E-state index contributed by atoms with van der Waals surface area (Å²) >= 11 is 3.32. The quantitative estimate of drug-likeness (QED) is 0.859. The molecule has 2 rings (SSSR count). The van der Waals surface area contributed by atoms with Gasteiger partial charge in [-0.15, -0.1) is 0 Å². The van der Waals surface area contributed by atoms with Gasteiger partial charge in [0.2, 0.25) is 0 Å². The van der Waals surface area contributed by atoms with Gasteiger partial charge in [-0.3, -0.25) is 0 Å². The summed E-state index contributed by atoms with van der Waals surface area (Å²) in [7, 11) is -3.30. The van der Waals surface area contributed by atoms with Crippen molar-refractivity contribution >= 4 is 25.8 Å². The van der Waals surface area contributed by atoms with Gasteiger partial charge in [0.15, 0.2) is 9.84 Å². The molecule has 6 heteroatoms. The topological polar surface area (TPSA) is 74.6 Å². The highest BCUT2D eigenvalue weighted by Crippen LogP contribution is 2.62. The third-order valence-electron chi connectivity index (χ3n) is 3.66. The molecule has 1 aromatic carbocycles. The lowest BCUT2D eigenvalue weighted by Crippen LogP contribution is -2.22. The minimum atomic E-state index is -3.30. The van der Waals surface area contributed by atoms with Crippen molar-refractivity contribution in [2.24, 2.45) is 5.41 Å². The highest BCUT2D eigenvalue weighted by atomic mass is 79.9. The zero-order valence-corrected chi connectivity index (χ0v) is 12.3. The summed E-state index contributed by atoms with van der Waals surface area (Å²) in [5.74, 6) is -0.337. The van der Waals surface area contributed by atoms with Gasteiger partial charge in [-0.05, 0) is 17.7 Å². The Balaban J connectivity index is 2.41. The second kappa shape index (κ2) is 4.59. The molecule has 0 saturated heterocycles. The van der Waals surface area contributed by atoms with Crippen molar-refractivity contribution < 1.29 is 18.6 Å². The highest BCUT2D eigenvalue weighted by molar-refractivity contribution is 9.10. The van der Waals surface area contributed by atoms with E-state index in [1.807, 2.05) is 24.3 Å². The van der Waals surface area contributed by atoms with Gasteiger partial charge in [-0.1, -0.05) is 28.1 Å². The minimum Gasteiger partial charge on any atom is -0.396 e. The van der Waals surface area contributed by atoms with Crippen LogP contribution in [-0.2, 0) is 9.84 Å². The first-order valence-electron chi connectivity index (χ1n) is 5.53.